The van der Waals surface area contributed by atoms with Crippen LogP contribution in [0.2, 0.25) is 0 Å². The Morgan fingerprint density at radius 3 is 2.37 bits per heavy atom. The molecule has 0 aliphatic carbocycles. The zero-order chi connectivity index (χ0) is 39.2. The number of hydrogen-bond acceptors (Lipinski definition) is 7. The van der Waals surface area contributed by atoms with E-state index in [-0.39, 0.29) is 29.9 Å². The van der Waals surface area contributed by atoms with Crippen molar-refractivity contribution in [3.8, 4) is 0 Å². The molecule has 0 radical (unpaired) electrons. The number of pyridine rings is 1. The maximum absolute atomic E-state index is 14.7. The number of ether oxygens (including phenoxy) is 1. The van der Waals surface area contributed by atoms with Crippen LogP contribution in [0.25, 0.3) is 17.0 Å². The van der Waals surface area contributed by atoms with Crippen LogP contribution < -0.4 is 10.2 Å². The molecule has 3 atom stereocenters. The summed E-state index contributed by atoms with van der Waals surface area (Å²) in [5, 5.41) is 3.31. The highest BCUT2D eigenvalue weighted by Gasteiger charge is 2.73. The molecule has 2 fully saturated rings. The summed E-state index contributed by atoms with van der Waals surface area (Å²) in [5.74, 6) is -1.20. The number of hydrogen-bond donors (Lipinski definition) is 1. The van der Waals surface area contributed by atoms with Crippen LogP contribution >= 0.6 is 0 Å². The van der Waals surface area contributed by atoms with E-state index in [4.69, 9.17) is 9.15 Å². The van der Waals surface area contributed by atoms with Crippen molar-refractivity contribution in [2.24, 2.45) is 0 Å². The van der Waals surface area contributed by atoms with Gasteiger partial charge in [0.25, 0.3) is 11.5 Å². The number of nitrogens with zero attached hydrogens (tertiary/aromatic N) is 4. The summed E-state index contributed by atoms with van der Waals surface area (Å²) in [6, 6.07) is 11.6. The van der Waals surface area contributed by atoms with Gasteiger partial charge < -0.3 is 24.3 Å². The lowest BCUT2D eigenvalue weighted by atomic mass is 9.89. The molecule has 4 aromatic rings. The molecule has 2 aliphatic heterocycles. The van der Waals surface area contributed by atoms with E-state index in [1.807, 2.05) is 0 Å². The number of carbonyl (C=O) groups is 3. The van der Waals surface area contributed by atoms with Gasteiger partial charge >= 0.3 is 18.4 Å². The van der Waals surface area contributed by atoms with Gasteiger partial charge in [-0.05, 0) is 63.1 Å². The lowest BCUT2D eigenvalue weighted by molar-refractivity contribution is -0.392. The van der Waals surface area contributed by atoms with Gasteiger partial charge in [-0.15, -0.1) is 0 Å². The summed E-state index contributed by atoms with van der Waals surface area (Å²) in [4.78, 5) is 48.7. The van der Waals surface area contributed by atoms with Crippen LogP contribution in [0.1, 0.15) is 50.1 Å². The van der Waals surface area contributed by atoms with Gasteiger partial charge in [-0.2, -0.15) is 26.3 Å². The zero-order valence-electron chi connectivity index (χ0n) is 29.7. The van der Waals surface area contributed by atoms with Crippen LogP contribution in [-0.2, 0) is 32.1 Å². The van der Waals surface area contributed by atoms with Crippen molar-refractivity contribution in [1.82, 2.24) is 20.1 Å². The number of anilines is 1. The number of carbonyl (C=O) groups excluding carboxylic acids is 3. The first-order valence-electron chi connectivity index (χ1n) is 17.0. The first-order chi connectivity index (χ1) is 25.4. The van der Waals surface area contributed by atoms with Crippen molar-refractivity contribution in [2.45, 2.75) is 69.9 Å². The van der Waals surface area contributed by atoms with Crippen molar-refractivity contribution in [3.63, 3.8) is 0 Å². The number of imide groups is 1. The Hall–Kier alpha value is -5.38. The summed E-state index contributed by atoms with van der Waals surface area (Å²) in [5.41, 5.74) is -6.01. The molecule has 2 aromatic heterocycles. The Bertz CT molecular complexity index is 2070. The van der Waals surface area contributed by atoms with Gasteiger partial charge in [0.2, 0.25) is 5.91 Å². The smallest absolute Gasteiger partial charge is 0.430 e. The second kappa shape index (κ2) is 14.1. The number of furan rings is 1. The van der Waals surface area contributed by atoms with Crippen LogP contribution in [0.3, 0.4) is 0 Å². The lowest BCUT2D eigenvalue weighted by Crippen LogP contribution is -2.60. The Morgan fingerprint density at radius 1 is 1.00 bits per heavy atom. The van der Waals surface area contributed by atoms with E-state index in [1.54, 1.807) is 43.9 Å². The normalized spacial score (nSPS) is 21.4. The molecule has 0 spiro atoms. The molecular weight excluding hydrogens is 720 g/mol. The molecule has 10 nitrogen and oxygen atoms in total. The Morgan fingerprint density at radius 2 is 1.70 bits per heavy atom. The third-order valence-electron chi connectivity index (χ3n) is 9.91. The average Bonchev–Trinajstić information content (AvgIpc) is 3.67. The van der Waals surface area contributed by atoms with Gasteiger partial charge in [0.15, 0.2) is 11.1 Å². The summed E-state index contributed by atoms with van der Waals surface area (Å²) in [6.07, 6.45) is -5.94. The third-order valence-corrected chi connectivity index (χ3v) is 9.91. The van der Waals surface area contributed by atoms with E-state index >= 15 is 0 Å². The molecule has 2 aliphatic rings. The second-order valence-corrected chi connectivity index (χ2v) is 13.6. The standard InChI is InChI=1S/C38H37F6N5O5/c1-5-9-26-16-28(36(37(39,40)41,38(42,43)44)54-22-25-10-7-6-8-11-25)12-13-29(26)47-19-24(3)48(20-23(47)2)32(50)21-49-33(51)35(4,46-34(49)52)31-17-27-14-15-53-30(27)18-45-31/h5-18,23-24H,19-22H2,1-4H3,(H,46,52)/t23-,24+,35?/m1/s1. The Balaban J connectivity index is 1.23. The number of halogens is 6. The van der Waals surface area contributed by atoms with Crippen molar-refractivity contribution >= 4 is 40.6 Å². The molecule has 6 rings (SSSR count). The number of aromatic nitrogens is 1. The fourth-order valence-electron chi connectivity index (χ4n) is 7.04. The number of fused-ring (bicyclic) bond motifs is 1. The molecule has 4 amide bonds. The van der Waals surface area contributed by atoms with Gasteiger partial charge in [0.1, 0.15) is 6.54 Å². The van der Waals surface area contributed by atoms with Gasteiger partial charge in [0, 0.05) is 41.8 Å². The van der Waals surface area contributed by atoms with E-state index in [0.717, 1.165) is 17.0 Å². The third kappa shape index (κ3) is 6.67. The van der Waals surface area contributed by atoms with Crippen LogP contribution in [0.15, 0.2) is 83.6 Å². The number of piperazine rings is 1. The fraction of sp³-hybridized carbons (Fsp3) is 0.368. The van der Waals surface area contributed by atoms with E-state index in [1.165, 1.54) is 66.8 Å². The minimum Gasteiger partial charge on any atom is -0.463 e. The largest absolute Gasteiger partial charge is 0.463 e. The molecule has 286 valence electrons. The van der Waals surface area contributed by atoms with Crippen LogP contribution in [0, 0.1) is 0 Å². The summed E-state index contributed by atoms with van der Waals surface area (Å²) in [7, 11) is 0. The minimum atomic E-state index is -5.88. The molecule has 2 aromatic carbocycles. The number of amides is 4. The van der Waals surface area contributed by atoms with Gasteiger partial charge in [-0.3, -0.25) is 19.5 Å². The number of benzene rings is 2. The number of rotatable bonds is 9. The molecule has 0 bridgehead atoms. The number of alkyl halides is 6. The number of nitrogens with one attached hydrogen (secondary N) is 1. The Labute approximate surface area is 306 Å². The molecule has 1 N–H and O–H groups in total. The maximum Gasteiger partial charge on any atom is 0.430 e. The first-order valence-corrected chi connectivity index (χ1v) is 17.0. The SMILES string of the molecule is CC=Cc1cc(C(OCc2ccccc2)(C(F)(F)F)C(F)(F)F)ccc1N1C[C@H](C)N(C(=O)CN2C(=O)NC(C)(c3cc4ccoc4cn3)C2=O)C[C@H]1C. The molecular formula is C38H37F6N5O5. The fourth-order valence-corrected chi connectivity index (χ4v) is 7.04. The molecule has 16 heteroatoms. The highest BCUT2D eigenvalue weighted by atomic mass is 19.4. The van der Waals surface area contributed by atoms with Gasteiger partial charge in [0.05, 0.1) is 24.8 Å². The van der Waals surface area contributed by atoms with E-state index in [0.29, 0.717) is 16.7 Å². The van der Waals surface area contributed by atoms with Crippen LogP contribution in [0.5, 0.6) is 0 Å². The zero-order valence-corrected chi connectivity index (χ0v) is 29.7. The molecule has 2 saturated heterocycles. The second-order valence-electron chi connectivity index (χ2n) is 13.6. The molecule has 4 heterocycles. The van der Waals surface area contributed by atoms with E-state index in [2.05, 4.69) is 10.3 Å². The average molecular weight is 758 g/mol. The van der Waals surface area contributed by atoms with E-state index in [9.17, 15) is 40.7 Å². The minimum absolute atomic E-state index is 0.0753. The van der Waals surface area contributed by atoms with Crippen molar-refractivity contribution < 1.29 is 49.9 Å². The quantitative estimate of drug-likeness (QED) is 0.141. The predicted molar refractivity (Wildman–Crippen MR) is 186 cm³/mol. The highest BCUT2D eigenvalue weighted by Crippen LogP contribution is 2.54. The highest BCUT2D eigenvalue weighted by molar-refractivity contribution is 6.09. The van der Waals surface area contributed by atoms with Crippen molar-refractivity contribution in [2.75, 3.05) is 24.5 Å². The van der Waals surface area contributed by atoms with Gasteiger partial charge in [-0.1, -0.05) is 48.6 Å². The summed E-state index contributed by atoms with van der Waals surface area (Å²) < 4.78 is 98.1. The predicted octanol–water partition coefficient (Wildman–Crippen LogP) is 7.29. The maximum atomic E-state index is 14.7. The summed E-state index contributed by atoms with van der Waals surface area (Å²) in [6.45, 7) is 5.24. The number of allylic oxidation sites excluding steroid dienone is 1. The van der Waals surface area contributed by atoms with Crippen molar-refractivity contribution in [1.29, 1.82) is 0 Å². The molecule has 1 unspecified atom stereocenters. The van der Waals surface area contributed by atoms with Gasteiger partial charge in [-0.25, -0.2) is 4.79 Å². The van der Waals surface area contributed by atoms with Crippen molar-refractivity contribution in [3.05, 3.63) is 102 Å². The molecule has 54 heavy (non-hydrogen) atoms. The summed E-state index contributed by atoms with van der Waals surface area (Å²) >= 11 is 0. The topological polar surface area (TPSA) is 108 Å². The Kier molecular flexibility index (Phi) is 10.0. The van der Waals surface area contributed by atoms with Crippen LogP contribution in [-0.4, -0.2) is 76.7 Å². The van der Waals surface area contributed by atoms with E-state index < -0.39 is 72.1 Å². The molecule has 0 saturated carbocycles. The number of urea groups is 1. The monoisotopic (exact) mass is 757 g/mol. The lowest BCUT2D eigenvalue weighted by Gasteiger charge is -2.46. The van der Waals surface area contributed by atoms with Crippen LogP contribution in [0.4, 0.5) is 36.8 Å². The first kappa shape index (κ1) is 38.3.